The van der Waals surface area contributed by atoms with Gasteiger partial charge in [0.25, 0.3) is 5.91 Å². The van der Waals surface area contributed by atoms with Crippen molar-refractivity contribution in [3.05, 3.63) is 88.8 Å². The maximum Gasteiger partial charge on any atom is 0.255 e. The van der Waals surface area contributed by atoms with Gasteiger partial charge >= 0.3 is 0 Å². The van der Waals surface area contributed by atoms with Crippen LogP contribution in [0.2, 0.25) is 5.02 Å². The van der Waals surface area contributed by atoms with Crippen LogP contribution in [0.1, 0.15) is 28.8 Å². The zero-order valence-corrected chi connectivity index (χ0v) is 17.5. The molecule has 1 atom stereocenters. The van der Waals surface area contributed by atoms with Crippen LogP contribution in [0.25, 0.3) is 0 Å². The van der Waals surface area contributed by atoms with Crippen molar-refractivity contribution in [2.75, 3.05) is 10.0 Å². The van der Waals surface area contributed by atoms with Gasteiger partial charge in [0.05, 0.1) is 16.4 Å². The largest absolute Gasteiger partial charge is 0.593 e. The van der Waals surface area contributed by atoms with E-state index in [1.54, 1.807) is 6.07 Å². The second kappa shape index (κ2) is 8.63. The molecule has 1 heterocycles. The highest BCUT2D eigenvalue weighted by Gasteiger charge is 2.55. The van der Waals surface area contributed by atoms with Crippen molar-refractivity contribution >= 4 is 40.4 Å². The number of halogens is 2. The lowest BCUT2D eigenvalue weighted by molar-refractivity contribution is 0.102. The molecular formula is C22H19ClFN3O2S. The maximum absolute atomic E-state index is 13.3. The van der Waals surface area contributed by atoms with E-state index in [4.69, 9.17) is 11.6 Å². The van der Waals surface area contributed by atoms with Crippen molar-refractivity contribution in [2.24, 2.45) is 0 Å². The average molecular weight is 444 g/mol. The number of anilines is 2. The maximum atomic E-state index is 13.3. The van der Waals surface area contributed by atoms with Gasteiger partial charge in [0, 0.05) is 36.7 Å². The predicted molar refractivity (Wildman–Crippen MR) is 117 cm³/mol. The first-order valence-electron chi connectivity index (χ1n) is 9.40. The second-order valence-electron chi connectivity index (χ2n) is 7.23. The summed E-state index contributed by atoms with van der Waals surface area (Å²) in [6.07, 6.45) is 3.93. The van der Waals surface area contributed by atoms with Gasteiger partial charge in [-0.3, -0.25) is 4.79 Å². The molecule has 0 bridgehead atoms. The molecule has 0 spiro atoms. The first-order valence-corrected chi connectivity index (χ1v) is 10.9. The van der Waals surface area contributed by atoms with Crippen molar-refractivity contribution in [1.82, 2.24) is 4.98 Å². The smallest absolute Gasteiger partial charge is 0.255 e. The van der Waals surface area contributed by atoms with Crippen molar-refractivity contribution < 1.29 is 13.7 Å². The molecule has 0 saturated heterocycles. The molecule has 3 aromatic rings. The highest BCUT2D eigenvalue weighted by molar-refractivity contribution is 7.94. The Morgan fingerprint density at radius 1 is 1.17 bits per heavy atom. The van der Waals surface area contributed by atoms with E-state index >= 15 is 0 Å². The minimum absolute atomic E-state index is 0.0755. The molecule has 1 amide bonds. The summed E-state index contributed by atoms with van der Waals surface area (Å²) in [7, 11) is 0. The van der Waals surface area contributed by atoms with E-state index < -0.39 is 23.1 Å². The molecule has 1 unspecified atom stereocenters. The molecule has 154 valence electrons. The predicted octanol–water partition coefficient (Wildman–Crippen LogP) is 4.98. The van der Waals surface area contributed by atoms with E-state index in [2.05, 4.69) is 15.0 Å². The Hall–Kier alpha value is -2.61. The number of rotatable bonds is 7. The molecule has 2 N–H and O–H groups in total. The van der Waals surface area contributed by atoms with Gasteiger partial charge in [-0.25, -0.2) is 9.37 Å². The fourth-order valence-electron chi connectivity index (χ4n) is 3.14. The highest BCUT2D eigenvalue weighted by atomic mass is 35.5. The lowest BCUT2D eigenvalue weighted by atomic mass is 10.1. The van der Waals surface area contributed by atoms with Crippen LogP contribution in [0.15, 0.2) is 66.9 Å². The second-order valence-corrected chi connectivity index (χ2v) is 9.24. The van der Waals surface area contributed by atoms with Crippen molar-refractivity contribution in [3.63, 3.8) is 0 Å². The number of carbonyl (C=O) groups is 1. The molecule has 0 aliphatic heterocycles. The molecule has 1 aliphatic carbocycles. The Morgan fingerprint density at radius 2 is 1.93 bits per heavy atom. The molecule has 1 saturated carbocycles. The van der Waals surface area contributed by atoms with E-state index in [-0.39, 0.29) is 9.77 Å². The molecule has 0 radical (unpaired) electrons. The molecule has 30 heavy (non-hydrogen) atoms. The van der Waals surface area contributed by atoms with Crippen LogP contribution in [0.4, 0.5) is 15.9 Å². The minimum Gasteiger partial charge on any atom is -0.593 e. The van der Waals surface area contributed by atoms with E-state index in [0.29, 0.717) is 17.1 Å². The van der Waals surface area contributed by atoms with E-state index in [9.17, 15) is 13.7 Å². The van der Waals surface area contributed by atoms with Gasteiger partial charge in [0.1, 0.15) is 5.82 Å². The van der Waals surface area contributed by atoms with Crippen LogP contribution in [0, 0.1) is 5.82 Å². The number of benzene rings is 2. The van der Waals surface area contributed by atoms with Gasteiger partial charge in [-0.15, -0.1) is 0 Å². The first kappa shape index (κ1) is 20.7. The third kappa shape index (κ3) is 4.75. The average Bonchev–Trinajstić information content (AvgIpc) is 3.52. The molecule has 1 aliphatic rings. The van der Waals surface area contributed by atoms with Crippen molar-refractivity contribution in [2.45, 2.75) is 24.0 Å². The summed E-state index contributed by atoms with van der Waals surface area (Å²) in [6.45, 7) is 0. The molecule has 1 aromatic heterocycles. The number of amides is 1. The Labute approximate surface area is 182 Å². The van der Waals surface area contributed by atoms with Gasteiger partial charge in [-0.1, -0.05) is 41.9 Å². The Kier molecular flexibility index (Phi) is 5.94. The van der Waals surface area contributed by atoms with E-state index in [0.717, 1.165) is 24.8 Å². The first-order chi connectivity index (χ1) is 14.4. The van der Waals surface area contributed by atoms with Crippen molar-refractivity contribution in [1.29, 1.82) is 0 Å². The van der Waals surface area contributed by atoms with E-state index in [1.165, 1.54) is 30.5 Å². The van der Waals surface area contributed by atoms with E-state index in [1.807, 2.05) is 30.3 Å². The summed E-state index contributed by atoms with van der Waals surface area (Å²) in [6, 6.07) is 17.0. The number of aromatic nitrogens is 1. The molecule has 5 nitrogen and oxygen atoms in total. The number of carbonyl (C=O) groups excluding carboxylic acids is 1. The number of hydrogen-bond donors (Lipinski definition) is 2. The summed E-state index contributed by atoms with van der Waals surface area (Å²) < 4.78 is 28.9. The highest BCUT2D eigenvalue weighted by Crippen LogP contribution is 2.46. The minimum atomic E-state index is -1.34. The van der Waals surface area contributed by atoms with Crippen LogP contribution in [-0.4, -0.2) is 20.2 Å². The molecule has 4 rings (SSSR count). The van der Waals surface area contributed by atoms with Crippen LogP contribution in [-0.2, 0) is 17.8 Å². The van der Waals surface area contributed by atoms with Crippen molar-refractivity contribution in [3.8, 4) is 0 Å². The number of pyridine rings is 1. The van der Waals surface area contributed by atoms with Gasteiger partial charge in [0.2, 0.25) is 0 Å². The fourth-order valence-corrected chi connectivity index (χ4v) is 4.61. The zero-order valence-electron chi connectivity index (χ0n) is 15.9. The summed E-state index contributed by atoms with van der Waals surface area (Å²) in [5.74, 6) is -0.603. The summed E-state index contributed by atoms with van der Waals surface area (Å²) in [5, 5.41) is 2.59. The number of nitrogens with one attached hydrogen (secondary N) is 2. The molecule has 8 heteroatoms. The fraction of sp³-hybridized carbons (Fsp3) is 0.182. The van der Waals surface area contributed by atoms with Crippen LogP contribution in [0.5, 0.6) is 0 Å². The summed E-state index contributed by atoms with van der Waals surface area (Å²) in [5.41, 5.74) is 1.85. The Balaban J connectivity index is 1.43. The third-order valence-corrected chi connectivity index (χ3v) is 6.99. The monoisotopic (exact) mass is 443 g/mol. The number of hydrogen-bond acceptors (Lipinski definition) is 4. The van der Waals surface area contributed by atoms with Crippen LogP contribution >= 0.6 is 11.6 Å². The standard InChI is InChI=1S/C22H19ClFN3O2S/c23-18-13-17(6-7-19(18)24)26-21(28)16-8-11-25-20(12-16)27-30(29)22(9-10-22)14-15-4-2-1-3-5-15/h1-8,11-13H,9-10,14H2,(H,25,27)(H,26,28). The summed E-state index contributed by atoms with van der Waals surface area (Å²) >= 11 is 4.41. The van der Waals surface area contributed by atoms with Gasteiger partial charge in [-0.2, -0.15) is 4.72 Å². The third-order valence-electron chi connectivity index (χ3n) is 4.97. The Bertz CT molecular complexity index is 1060. The topological polar surface area (TPSA) is 77.1 Å². The normalized spacial score (nSPS) is 15.3. The van der Waals surface area contributed by atoms with Crippen LogP contribution < -0.4 is 10.0 Å². The molecule has 2 aromatic carbocycles. The lowest BCUT2D eigenvalue weighted by Gasteiger charge is -2.21. The zero-order chi connectivity index (χ0) is 21.1. The quantitative estimate of drug-likeness (QED) is 0.505. The summed E-state index contributed by atoms with van der Waals surface area (Å²) in [4.78, 5) is 16.7. The van der Waals surface area contributed by atoms with Gasteiger partial charge < -0.3 is 9.87 Å². The molecule has 1 fully saturated rings. The molecular weight excluding hydrogens is 425 g/mol. The van der Waals surface area contributed by atoms with Gasteiger partial charge in [0.15, 0.2) is 10.6 Å². The van der Waals surface area contributed by atoms with Gasteiger partial charge in [-0.05, 0) is 35.9 Å². The Morgan fingerprint density at radius 3 is 2.63 bits per heavy atom. The lowest BCUT2D eigenvalue weighted by Crippen LogP contribution is -2.32. The number of nitrogens with zero attached hydrogens (tertiary/aromatic N) is 1. The van der Waals surface area contributed by atoms with Crippen LogP contribution in [0.3, 0.4) is 0 Å². The SMILES string of the molecule is O=C(Nc1ccc(F)c(Cl)c1)c1ccnc(N[S+]([O-])C2(Cc3ccccc3)CC2)c1.